The van der Waals surface area contributed by atoms with E-state index in [-0.39, 0.29) is 24.1 Å². The molecule has 7 nitrogen and oxygen atoms in total. The zero-order chi connectivity index (χ0) is 23.1. The number of thioether (sulfide) groups is 1. The van der Waals surface area contributed by atoms with Crippen molar-refractivity contribution < 1.29 is 14.0 Å². The molecule has 0 aliphatic rings. The van der Waals surface area contributed by atoms with Crippen molar-refractivity contribution in [2.45, 2.75) is 25.2 Å². The van der Waals surface area contributed by atoms with Gasteiger partial charge in [0.15, 0.2) is 11.0 Å². The summed E-state index contributed by atoms with van der Waals surface area (Å²) in [6.07, 6.45) is 1.67. The molecule has 10 heteroatoms. The third-order valence-corrected chi connectivity index (χ3v) is 5.61. The number of nitrogens with zero attached hydrogens (tertiary/aromatic N) is 3. The molecule has 2 N–H and O–H groups in total. The van der Waals surface area contributed by atoms with Gasteiger partial charge in [-0.05, 0) is 42.8 Å². The number of amides is 2. The number of anilines is 1. The molecular weight excluding hydrogens is 453 g/mol. The number of rotatable bonds is 9. The number of carbonyl (C=O) groups excluding carboxylic acids is 2. The molecule has 0 spiro atoms. The van der Waals surface area contributed by atoms with Gasteiger partial charge in [0.1, 0.15) is 5.82 Å². The Hall–Kier alpha value is -3.17. The van der Waals surface area contributed by atoms with Gasteiger partial charge in [0.25, 0.3) is 5.91 Å². The summed E-state index contributed by atoms with van der Waals surface area (Å²) in [6, 6.07) is 10.8. The van der Waals surface area contributed by atoms with E-state index in [0.717, 1.165) is 5.56 Å². The summed E-state index contributed by atoms with van der Waals surface area (Å²) in [7, 11) is 0. The van der Waals surface area contributed by atoms with Crippen LogP contribution in [0.3, 0.4) is 0 Å². The number of aryl methyl sites for hydroxylation is 1. The summed E-state index contributed by atoms with van der Waals surface area (Å²) in [4.78, 5) is 24.7. The molecular formula is C22H21ClFN5O2S. The first-order valence-electron chi connectivity index (χ1n) is 9.63. The van der Waals surface area contributed by atoms with Crippen LogP contribution in [0.5, 0.6) is 0 Å². The minimum atomic E-state index is -0.422. The first kappa shape index (κ1) is 23.5. The van der Waals surface area contributed by atoms with Gasteiger partial charge in [-0.1, -0.05) is 41.6 Å². The fourth-order valence-electron chi connectivity index (χ4n) is 2.81. The molecule has 2 aromatic carbocycles. The molecule has 1 aromatic heterocycles. The zero-order valence-corrected chi connectivity index (χ0v) is 18.8. The Morgan fingerprint density at radius 1 is 1.25 bits per heavy atom. The molecule has 0 fully saturated rings. The second-order valence-electron chi connectivity index (χ2n) is 6.79. The number of hydrogen-bond acceptors (Lipinski definition) is 5. The number of aromatic nitrogens is 3. The molecule has 0 saturated carbocycles. The number of allylic oxidation sites excluding steroid dienone is 1. The van der Waals surface area contributed by atoms with Gasteiger partial charge in [-0.2, -0.15) is 0 Å². The standard InChI is InChI=1S/C22H21ClFN5O2S/c1-3-9-29-19(12-25-21(31)15-5-4-6-16(23)10-15)27-28-22(29)32-13-20(30)26-18-11-17(24)8-7-14(18)2/h3-8,10-11H,1,9,12-13H2,2H3,(H,25,31)(H,26,30). The Bertz CT molecular complexity index is 1150. The Kier molecular flexibility index (Phi) is 8.02. The van der Waals surface area contributed by atoms with Gasteiger partial charge in [0.2, 0.25) is 5.91 Å². The monoisotopic (exact) mass is 473 g/mol. The lowest BCUT2D eigenvalue weighted by Crippen LogP contribution is -2.24. The largest absolute Gasteiger partial charge is 0.345 e. The normalized spacial score (nSPS) is 10.6. The number of carbonyl (C=O) groups is 2. The molecule has 3 aromatic rings. The summed E-state index contributed by atoms with van der Waals surface area (Å²) in [5, 5.41) is 14.7. The van der Waals surface area contributed by atoms with Gasteiger partial charge in [-0.15, -0.1) is 16.8 Å². The van der Waals surface area contributed by atoms with Crippen LogP contribution < -0.4 is 10.6 Å². The second-order valence-corrected chi connectivity index (χ2v) is 8.17. The van der Waals surface area contributed by atoms with Crippen molar-refractivity contribution in [3.05, 3.63) is 82.9 Å². The number of halogens is 2. The predicted octanol–water partition coefficient (Wildman–Crippen LogP) is 4.23. The van der Waals surface area contributed by atoms with Crippen LogP contribution in [0.25, 0.3) is 0 Å². The maximum atomic E-state index is 13.4. The zero-order valence-electron chi connectivity index (χ0n) is 17.3. The van der Waals surface area contributed by atoms with Crippen molar-refractivity contribution in [3.63, 3.8) is 0 Å². The highest BCUT2D eigenvalue weighted by molar-refractivity contribution is 7.99. The number of hydrogen-bond donors (Lipinski definition) is 2. The third kappa shape index (κ3) is 6.18. The molecule has 32 heavy (non-hydrogen) atoms. The van der Waals surface area contributed by atoms with E-state index in [0.29, 0.717) is 33.8 Å². The third-order valence-electron chi connectivity index (χ3n) is 4.41. The van der Waals surface area contributed by atoms with E-state index in [1.807, 2.05) is 0 Å². The fourth-order valence-corrected chi connectivity index (χ4v) is 3.76. The first-order valence-corrected chi connectivity index (χ1v) is 11.0. The Labute approximate surface area is 194 Å². The molecule has 0 aliphatic heterocycles. The van der Waals surface area contributed by atoms with Gasteiger partial charge in [0.05, 0.1) is 12.3 Å². The van der Waals surface area contributed by atoms with Crippen LogP contribution in [0, 0.1) is 12.7 Å². The van der Waals surface area contributed by atoms with Gasteiger partial charge >= 0.3 is 0 Å². The number of benzene rings is 2. The van der Waals surface area contributed by atoms with Crippen LogP contribution in [0.2, 0.25) is 5.02 Å². The summed E-state index contributed by atoms with van der Waals surface area (Å²) in [6.45, 7) is 6.07. The minimum absolute atomic E-state index is 0.0557. The van der Waals surface area contributed by atoms with Crippen LogP contribution in [0.1, 0.15) is 21.7 Å². The van der Waals surface area contributed by atoms with E-state index < -0.39 is 5.82 Å². The van der Waals surface area contributed by atoms with Gasteiger partial charge in [-0.3, -0.25) is 9.59 Å². The maximum absolute atomic E-state index is 13.4. The van der Waals surface area contributed by atoms with E-state index in [4.69, 9.17) is 11.6 Å². The lowest BCUT2D eigenvalue weighted by molar-refractivity contribution is -0.113. The summed E-state index contributed by atoms with van der Waals surface area (Å²) in [5.41, 5.74) is 1.62. The van der Waals surface area contributed by atoms with E-state index >= 15 is 0 Å². The van der Waals surface area contributed by atoms with Crippen molar-refractivity contribution in [2.75, 3.05) is 11.1 Å². The molecule has 0 bridgehead atoms. The lowest BCUT2D eigenvalue weighted by atomic mass is 10.2. The fraction of sp³-hybridized carbons (Fsp3) is 0.182. The minimum Gasteiger partial charge on any atom is -0.345 e. The van der Waals surface area contributed by atoms with Crippen LogP contribution in [0.15, 0.2) is 60.3 Å². The highest BCUT2D eigenvalue weighted by Gasteiger charge is 2.15. The van der Waals surface area contributed by atoms with Crippen molar-refractivity contribution in [2.24, 2.45) is 0 Å². The average Bonchev–Trinajstić information content (AvgIpc) is 3.15. The average molecular weight is 474 g/mol. The Morgan fingerprint density at radius 2 is 2.06 bits per heavy atom. The SMILES string of the molecule is C=CCn1c(CNC(=O)c2cccc(Cl)c2)nnc1SCC(=O)Nc1cc(F)ccc1C. The van der Waals surface area contributed by atoms with Gasteiger partial charge in [-0.25, -0.2) is 4.39 Å². The molecule has 0 aliphatic carbocycles. The molecule has 2 amide bonds. The lowest BCUT2D eigenvalue weighted by Gasteiger charge is -2.10. The van der Waals surface area contributed by atoms with Crippen LogP contribution in [0.4, 0.5) is 10.1 Å². The van der Waals surface area contributed by atoms with E-state index in [1.165, 1.54) is 23.9 Å². The quantitative estimate of drug-likeness (QED) is 0.358. The molecule has 1 heterocycles. The van der Waals surface area contributed by atoms with E-state index in [9.17, 15) is 14.0 Å². The Morgan fingerprint density at radius 3 is 2.81 bits per heavy atom. The van der Waals surface area contributed by atoms with Crippen LogP contribution in [-0.2, 0) is 17.9 Å². The van der Waals surface area contributed by atoms with Crippen molar-refractivity contribution in [3.8, 4) is 0 Å². The highest BCUT2D eigenvalue weighted by Crippen LogP contribution is 2.20. The van der Waals surface area contributed by atoms with Crippen molar-refractivity contribution in [1.29, 1.82) is 0 Å². The molecule has 0 saturated heterocycles. The smallest absolute Gasteiger partial charge is 0.251 e. The van der Waals surface area contributed by atoms with Crippen LogP contribution >= 0.6 is 23.4 Å². The molecule has 0 unspecified atom stereocenters. The van der Waals surface area contributed by atoms with E-state index in [1.54, 1.807) is 47.9 Å². The van der Waals surface area contributed by atoms with E-state index in [2.05, 4.69) is 27.4 Å². The first-order chi connectivity index (χ1) is 15.4. The summed E-state index contributed by atoms with van der Waals surface area (Å²) >= 11 is 7.12. The predicted molar refractivity (Wildman–Crippen MR) is 123 cm³/mol. The van der Waals surface area contributed by atoms with Gasteiger partial charge in [0, 0.05) is 22.8 Å². The second kappa shape index (κ2) is 10.9. The highest BCUT2D eigenvalue weighted by atomic mass is 35.5. The summed E-state index contributed by atoms with van der Waals surface area (Å²) < 4.78 is 15.2. The Balaban J connectivity index is 1.62. The van der Waals surface area contributed by atoms with Gasteiger partial charge < -0.3 is 15.2 Å². The molecule has 166 valence electrons. The molecule has 3 rings (SSSR count). The maximum Gasteiger partial charge on any atom is 0.251 e. The van der Waals surface area contributed by atoms with Crippen molar-refractivity contribution in [1.82, 2.24) is 20.1 Å². The summed E-state index contributed by atoms with van der Waals surface area (Å²) in [5.74, 6) is -0.439. The molecule has 0 radical (unpaired) electrons. The number of nitrogens with one attached hydrogen (secondary N) is 2. The molecule has 0 atom stereocenters. The topological polar surface area (TPSA) is 88.9 Å². The van der Waals surface area contributed by atoms with Crippen molar-refractivity contribution >= 4 is 40.9 Å². The van der Waals surface area contributed by atoms with Crippen LogP contribution in [-0.4, -0.2) is 32.3 Å².